The van der Waals surface area contributed by atoms with Crippen LogP contribution in [0.25, 0.3) is 0 Å². The summed E-state index contributed by atoms with van der Waals surface area (Å²) in [5.74, 6) is 0.612. The third-order valence-corrected chi connectivity index (χ3v) is 4.62. The predicted molar refractivity (Wildman–Crippen MR) is 113 cm³/mol. The first kappa shape index (κ1) is 24.5. The van der Waals surface area contributed by atoms with Gasteiger partial charge in [-0.15, -0.1) is 0 Å². The Hall–Kier alpha value is -2.75. The molecule has 2 aromatic rings. The summed E-state index contributed by atoms with van der Waals surface area (Å²) in [5, 5.41) is 16.2. The van der Waals surface area contributed by atoms with Gasteiger partial charge in [-0.3, -0.25) is 0 Å². The molecule has 2 rings (SSSR count). The normalized spacial score (nSPS) is 15.3. The molecule has 1 heterocycles. The van der Waals surface area contributed by atoms with Crippen LogP contribution in [0.3, 0.4) is 0 Å². The lowest BCUT2D eigenvalue weighted by Gasteiger charge is -2.30. The Labute approximate surface area is 180 Å². The molecule has 0 aliphatic rings. The lowest BCUT2D eigenvalue weighted by Crippen LogP contribution is -2.48. The van der Waals surface area contributed by atoms with Crippen LogP contribution in [0, 0.1) is 6.92 Å². The van der Waals surface area contributed by atoms with Crippen molar-refractivity contribution in [2.24, 2.45) is 12.0 Å². The van der Waals surface area contributed by atoms with E-state index >= 15 is 0 Å². The highest BCUT2D eigenvalue weighted by atomic mass is 19.4. The number of rotatable bonds is 9. The fourth-order valence-electron chi connectivity index (χ4n) is 3.03. The highest BCUT2D eigenvalue weighted by molar-refractivity contribution is 5.79. The van der Waals surface area contributed by atoms with Crippen molar-refractivity contribution in [2.75, 3.05) is 19.6 Å². The number of halogens is 3. The van der Waals surface area contributed by atoms with Crippen molar-refractivity contribution in [3.05, 3.63) is 48.0 Å². The van der Waals surface area contributed by atoms with Gasteiger partial charge < -0.3 is 25.0 Å². The molecule has 31 heavy (non-hydrogen) atoms. The molecule has 3 N–H and O–H groups in total. The van der Waals surface area contributed by atoms with E-state index < -0.39 is 24.0 Å². The first-order chi connectivity index (χ1) is 14.6. The smallest absolute Gasteiger partial charge is 0.424 e. The zero-order valence-corrected chi connectivity index (χ0v) is 18.2. The maximum atomic E-state index is 13.6. The van der Waals surface area contributed by atoms with Crippen LogP contribution in [0.1, 0.15) is 31.7 Å². The second-order valence-electron chi connectivity index (χ2n) is 7.36. The molecule has 0 fully saturated rings. The van der Waals surface area contributed by atoms with E-state index in [0.717, 1.165) is 15.9 Å². The summed E-state index contributed by atoms with van der Waals surface area (Å²) in [7, 11) is 1.41. The zero-order valence-electron chi connectivity index (χ0n) is 18.2. The van der Waals surface area contributed by atoms with Gasteiger partial charge >= 0.3 is 6.18 Å². The van der Waals surface area contributed by atoms with E-state index in [0.29, 0.717) is 19.0 Å². The Balaban J connectivity index is 1.99. The average Bonchev–Trinajstić information content (AvgIpc) is 3.11. The lowest BCUT2D eigenvalue weighted by atomic mass is 9.97. The first-order valence-corrected chi connectivity index (χ1v) is 10.1. The van der Waals surface area contributed by atoms with Gasteiger partial charge in [-0.25, -0.2) is 9.98 Å². The van der Waals surface area contributed by atoms with Crippen molar-refractivity contribution in [1.82, 2.24) is 20.2 Å². The summed E-state index contributed by atoms with van der Waals surface area (Å²) < 4.78 is 47.8. The van der Waals surface area contributed by atoms with Gasteiger partial charge in [0.05, 0.1) is 6.54 Å². The van der Waals surface area contributed by atoms with Crippen LogP contribution in [-0.4, -0.2) is 52.5 Å². The van der Waals surface area contributed by atoms with Crippen molar-refractivity contribution in [3.8, 4) is 5.75 Å². The molecule has 0 radical (unpaired) electrons. The summed E-state index contributed by atoms with van der Waals surface area (Å²) in [5.41, 5.74) is -2.00. The standard InChI is InChI=1S/C21H30F3N5O2/c1-5-25-19(28-14-16(3)31-17-8-6-7-15(2)13-17)27-10-9-20(30,21(22,23)24)18-26-11-12-29(18)4/h6-8,11-13,16,30H,5,9-10,14H2,1-4H3,(H2,25,27,28). The van der Waals surface area contributed by atoms with E-state index in [9.17, 15) is 18.3 Å². The topological polar surface area (TPSA) is 83.7 Å². The highest BCUT2D eigenvalue weighted by Crippen LogP contribution is 2.40. The molecular formula is C21H30F3N5O2. The summed E-state index contributed by atoms with van der Waals surface area (Å²) in [6.45, 7) is 6.34. The third-order valence-electron chi connectivity index (χ3n) is 4.62. The van der Waals surface area contributed by atoms with E-state index in [1.165, 1.54) is 19.4 Å². The van der Waals surface area contributed by atoms with Gasteiger partial charge in [0.1, 0.15) is 17.7 Å². The molecule has 0 amide bonds. The van der Waals surface area contributed by atoms with Crippen LogP contribution in [-0.2, 0) is 12.6 Å². The minimum Gasteiger partial charge on any atom is -0.489 e. The van der Waals surface area contributed by atoms with Crippen molar-refractivity contribution in [3.63, 3.8) is 0 Å². The monoisotopic (exact) mass is 441 g/mol. The number of benzene rings is 1. The van der Waals surface area contributed by atoms with Crippen molar-refractivity contribution in [1.29, 1.82) is 0 Å². The van der Waals surface area contributed by atoms with Crippen molar-refractivity contribution in [2.45, 2.75) is 45.1 Å². The van der Waals surface area contributed by atoms with Crippen LogP contribution in [0.5, 0.6) is 5.75 Å². The summed E-state index contributed by atoms with van der Waals surface area (Å²) in [6, 6.07) is 7.64. The van der Waals surface area contributed by atoms with Crippen molar-refractivity contribution < 1.29 is 23.0 Å². The largest absolute Gasteiger partial charge is 0.489 e. The Morgan fingerprint density at radius 3 is 2.65 bits per heavy atom. The number of nitrogens with zero attached hydrogens (tertiary/aromatic N) is 3. The molecule has 1 aromatic carbocycles. The quantitative estimate of drug-likeness (QED) is 0.412. The Kier molecular flexibility index (Phi) is 8.32. The first-order valence-electron chi connectivity index (χ1n) is 10.1. The molecule has 0 saturated heterocycles. The van der Waals surface area contributed by atoms with Gasteiger partial charge in [0.2, 0.25) is 5.60 Å². The number of ether oxygens (including phenoxy) is 1. The molecule has 1 aromatic heterocycles. The van der Waals surface area contributed by atoms with E-state index in [4.69, 9.17) is 4.74 Å². The molecule has 10 heteroatoms. The Bertz CT molecular complexity index is 869. The van der Waals surface area contributed by atoms with Gasteiger partial charge in [-0.1, -0.05) is 12.1 Å². The molecule has 0 aliphatic heterocycles. The maximum absolute atomic E-state index is 13.6. The third kappa shape index (κ3) is 6.61. The van der Waals surface area contributed by atoms with Crippen LogP contribution >= 0.6 is 0 Å². The second-order valence-corrected chi connectivity index (χ2v) is 7.36. The predicted octanol–water partition coefficient (Wildman–Crippen LogP) is 2.89. The van der Waals surface area contributed by atoms with Gasteiger partial charge in [0.15, 0.2) is 5.96 Å². The van der Waals surface area contributed by atoms with Gasteiger partial charge in [-0.05, 0) is 38.5 Å². The van der Waals surface area contributed by atoms with Gasteiger partial charge in [0.25, 0.3) is 0 Å². The SMILES string of the molecule is CCNC(=NCC(C)Oc1cccc(C)c1)NCCC(O)(c1nccn1C)C(F)(F)F. The number of alkyl halides is 3. The molecule has 7 nitrogen and oxygen atoms in total. The molecule has 172 valence electrons. The van der Waals surface area contributed by atoms with Crippen LogP contribution in [0.4, 0.5) is 13.2 Å². The summed E-state index contributed by atoms with van der Waals surface area (Å²) in [4.78, 5) is 8.08. The maximum Gasteiger partial charge on any atom is 0.424 e. The Morgan fingerprint density at radius 2 is 2.06 bits per heavy atom. The molecule has 0 spiro atoms. The number of imidazole rings is 1. The van der Waals surface area contributed by atoms with E-state index in [1.807, 2.05) is 45.0 Å². The fourth-order valence-corrected chi connectivity index (χ4v) is 3.03. The molecular weight excluding hydrogens is 411 g/mol. The van der Waals surface area contributed by atoms with Crippen LogP contribution in [0.15, 0.2) is 41.7 Å². The number of aliphatic imine (C=N–C) groups is 1. The zero-order chi connectivity index (χ0) is 23.1. The van der Waals surface area contributed by atoms with Crippen LogP contribution in [0.2, 0.25) is 0 Å². The molecule has 2 unspecified atom stereocenters. The van der Waals surface area contributed by atoms with Gasteiger partial charge in [-0.2, -0.15) is 13.2 Å². The molecule has 0 bridgehead atoms. The van der Waals surface area contributed by atoms with Crippen molar-refractivity contribution >= 4 is 5.96 Å². The minimum atomic E-state index is -4.88. The molecule has 0 saturated carbocycles. The second kappa shape index (κ2) is 10.5. The average molecular weight is 441 g/mol. The fraction of sp³-hybridized carbons (Fsp3) is 0.524. The lowest BCUT2D eigenvalue weighted by molar-refractivity contribution is -0.272. The molecule has 2 atom stereocenters. The summed E-state index contributed by atoms with van der Waals surface area (Å²) in [6.07, 6.45) is -3.15. The minimum absolute atomic E-state index is 0.165. The number of aliphatic hydroxyl groups is 1. The van der Waals surface area contributed by atoms with E-state index in [-0.39, 0.29) is 12.6 Å². The van der Waals surface area contributed by atoms with Crippen LogP contribution < -0.4 is 15.4 Å². The summed E-state index contributed by atoms with van der Waals surface area (Å²) >= 11 is 0. The number of guanidine groups is 1. The highest BCUT2D eigenvalue weighted by Gasteiger charge is 2.57. The number of hydrogen-bond donors (Lipinski definition) is 3. The molecule has 0 aliphatic carbocycles. The van der Waals surface area contributed by atoms with E-state index in [1.54, 1.807) is 0 Å². The van der Waals surface area contributed by atoms with E-state index in [2.05, 4.69) is 20.6 Å². The van der Waals surface area contributed by atoms with Gasteiger partial charge in [0, 0.05) is 39.0 Å². The number of aryl methyl sites for hydroxylation is 2. The number of nitrogens with one attached hydrogen (secondary N) is 2. The number of aromatic nitrogens is 2. The number of hydrogen-bond acceptors (Lipinski definition) is 4. The Morgan fingerprint density at radius 1 is 1.32 bits per heavy atom.